The fourth-order valence-corrected chi connectivity index (χ4v) is 11.9. The van der Waals surface area contributed by atoms with Gasteiger partial charge in [0.1, 0.15) is 5.75 Å². The molecule has 1 spiro atoms. The van der Waals surface area contributed by atoms with E-state index in [1.807, 2.05) is 97.9 Å². The Morgan fingerprint density at radius 3 is 2.43 bits per heavy atom. The molecule has 4 aliphatic heterocycles. The van der Waals surface area contributed by atoms with Crippen LogP contribution >= 0.6 is 15.9 Å². The van der Waals surface area contributed by atoms with E-state index in [0.29, 0.717) is 41.3 Å². The molecule has 0 radical (unpaired) electrons. The number of benzene rings is 4. The van der Waals surface area contributed by atoms with Crippen molar-refractivity contribution in [3.8, 4) is 5.75 Å². The van der Waals surface area contributed by atoms with E-state index >= 15 is 4.11 Å². The van der Waals surface area contributed by atoms with Crippen LogP contribution in [0.1, 0.15) is 35.6 Å². The fourth-order valence-electron chi connectivity index (χ4n) is 9.03. The summed E-state index contributed by atoms with van der Waals surface area (Å²) in [5, 5.41) is 10.3. The molecule has 274 valence electrons. The maximum atomic E-state index is 16.5. The van der Waals surface area contributed by atoms with Gasteiger partial charge in [-0.25, -0.2) is 0 Å². The first-order valence-electron chi connectivity index (χ1n) is 18.0. The number of ether oxygens (including phenoxy) is 2. The maximum Gasteiger partial charge on any atom is 0.269 e. The monoisotopic (exact) mass is 797 g/mol. The van der Waals surface area contributed by atoms with E-state index in [2.05, 4.69) is 15.9 Å². The SMILES string of the molecule is C[C@H]1[C@H]([Si](C)(C)F)[C@@H](CC(=O)N2Cc3ccccc3C[C@H]2CO)O[C@]12C(=O)N(Cc1ccc(N3C(=O)COc4ccccc43)cc1)c1ccc(Br)cc12. The van der Waals surface area contributed by atoms with E-state index in [1.54, 1.807) is 27.8 Å². The van der Waals surface area contributed by atoms with Crippen molar-refractivity contribution < 1.29 is 33.1 Å². The number of aliphatic hydroxyl groups is 1. The molecule has 4 aliphatic rings. The lowest BCUT2D eigenvalue weighted by molar-refractivity contribution is -0.151. The zero-order chi connectivity index (χ0) is 37.2. The first kappa shape index (κ1) is 35.7. The predicted octanol–water partition coefficient (Wildman–Crippen LogP) is 7.16. The minimum atomic E-state index is -3.53. The second-order valence-electron chi connectivity index (χ2n) is 15.0. The number of halogens is 2. The number of nitrogens with zero attached hydrogens (tertiary/aromatic N) is 3. The number of amides is 3. The molecule has 4 heterocycles. The normalized spacial score (nSPS) is 25.0. The van der Waals surface area contributed by atoms with Crippen molar-refractivity contribution in [1.29, 1.82) is 0 Å². The Balaban J connectivity index is 1.09. The van der Waals surface area contributed by atoms with Crippen LogP contribution in [-0.4, -0.2) is 61.5 Å². The van der Waals surface area contributed by atoms with Gasteiger partial charge in [0.2, 0.25) is 14.3 Å². The van der Waals surface area contributed by atoms with Crippen LogP contribution in [0.2, 0.25) is 18.6 Å². The van der Waals surface area contributed by atoms with E-state index in [4.69, 9.17) is 9.47 Å². The molecular weight excluding hydrogens is 757 g/mol. The molecular formula is C41H41BrFN3O6Si. The van der Waals surface area contributed by atoms with Crippen molar-refractivity contribution in [2.24, 2.45) is 5.92 Å². The zero-order valence-electron chi connectivity index (χ0n) is 29.8. The molecule has 8 rings (SSSR count). The third-order valence-electron chi connectivity index (χ3n) is 11.4. The molecule has 0 bridgehead atoms. The summed E-state index contributed by atoms with van der Waals surface area (Å²) in [5.74, 6) is -0.640. The highest BCUT2D eigenvalue weighted by Gasteiger charge is 2.67. The van der Waals surface area contributed by atoms with Crippen LogP contribution in [0.5, 0.6) is 5.75 Å². The molecule has 12 heteroatoms. The summed E-state index contributed by atoms with van der Waals surface area (Å²) in [5.41, 5.74) is 3.47. The highest BCUT2D eigenvalue weighted by molar-refractivity contribution is 9.10. The van der Waals surface area contributed by atoms with E-state index in [1.165, 1.54) is 0 Å². The van der Waals surface area contributed by atoms with Gasteiger partial charge in [0.25, 0.3) is 11.8 Å². The first-order chi connectivity index (χ1) is 25.4. The van der Waals surface area contributed by atoms with Crippen LogP contribution in [0, 0.1) is 5.92 Å². The summed E-state index contributed by atoms with van der Waals surface area (Å²) in [6.45, 7) is 5.45. The second kappa shape index (κ2) is 13.5. The van der Waals surface area contributed by atoms with Crippen molar-refractivity contribution in [2.75, 3.05) is 23.0 Å². The second-order valence-corrected chi connectivity index (χ2v) is 19.7. The minimum absolute atomic E-state index is 0.0617. The molecule has 0 saturated carbocycles. The van der Waals surface area contributed by atoms with Gasteiger partial charge >= 0.3 is 0 Å². The number of para-hydroxylation sites is 2. The van der Waals surface area contributed by atoms with Crippen LogP contribution in [-0.2, 0) is 44.2 Å². The standard InChI is InChI=1S/C41H41BrFN3O6Si/c1-25-39(53(2,3)43)36(20-37(48)44-22-28-9-5-4-8-27(28)18-31(44)23-47)52-41(25)32-19-29(42)14-17-33(32)45(40(41)50)21-26-12-15-30(16-13-26)46-34-10-6-7-11-35(34)51-24-38(46)49/h4-17,19,25,31,36,39,47H,18,20-24H2,1-3H3/t25-,31-,36+,39-,41+/m0/s1. The van der Waals surface area contributed by atoms with Crippen molar-refractivity contribution in [2.45, 2.75) is 69.2 Å². The lowest BCUT2D eigenvalue weighted by Gasteiger charge is -2.37. The van der Waals surface area contributed by atoms with Gasteiger partial charge in [-0.1, -0.05) is 71.4 Å². The number of carbonyl (C=O) groups excluding carboxylic acids is 3. The van der Waals surface area contributed by atoms with Crippen LogP contribution in [0.25, 0.3) is 0 Å². The highest BCUT2D eigenvalue weighted by Crippen LogP contribution is 2.60. The Labute approximate surface area is 317 Å². The number of carbonyl (C=O) groups is 3. The summed E-state index contributed by atoms with van der Waals surface area (Å²) in [4.78, 5) is 47.0. The van der Waals surface area contributed by atoms with E-state index in [0.717, 1.165) is 21.2 Å². The molecule has 1 saturated heterocycles. The lowest BCUT2D eigenvalue weighted by Crippen LogP contribution is -2.48. The van der Waals surface area contributed by atoms with E-state index < -0.39 is 37.6 Å². The van der Waals surface area contributed by atoms with Crippen LogP contribution in [0.4, 0.5) is 21.2 Å². The molecule has 53 heavy (non-hydrogen) atoms. The van der Waals surface area contributed by atoms with Gasteiger partial charge in [0.05, 0.1) is 43.1 Å². The Bertz CT molecular complexity index is 2110. The van der Waals surface area contributed by atoms with Gasteiger partial charge in [-0.15, -0.1) is 0 Å². The van der Waals surface area contributed by atoms with E-state index in [-0.39, 0.29) is 43.9 Å². The van der Waals surface area contributed by atoms with Crippen molar-refractivity contribution in [3.05, 3.63) is 118 Å². The van der Waals surface area contributed by atoms with Crippen molar-refractivity contribution in [1.82, 2.24) is 4.90 Å². The maximum absolute atomic E-state index is 16.5. The summed E-state index contributed by atoms with van der Waals surface area (Å²) >= 11 is 3.60. The summed E-state index contributed by atoms with van der Waals surface area (Å²) in [6, 6.07) is 28.0. The van der Waals surface area contributed by atoms with Crippen LogP contribution < -0.4 is 14.5 Å². The summed E-state index contributed by atoms with van der Waals surface area (Å²) in [7, 11) is -3.53. The van der Waals surface area contributed by atoms with Crippen molar-refractivity contribution in [3.63, 3.8) is 0 Å². The van der Waals surface area contributed by atoms with Gasteiger partial charge in [-0.3, -0.25) is 19.3 Å². The fraction of sp³-hybridized carbons (Fsp3) is 0.341. The molecule has 5 atom stereocenters. The quantitative estimate of drug-likeness (QED) is 0.158. The number of aliphatic hydroxyl groups excluding tert-OH is 1. The molecule has 0 aliphatic carbocycles. The number of hydrogen-bond donors (Lipinski definition) is 1. The largest absolute Gasteiger partial charge is 0.482 e. The average molecular weight is 799 g/mol. The van der Waals surface area contributed by atoms with Gasteiger partial charge in [0.15, 0.2) is 12.2 Å². The summed E-state index contributed by atoms with van der Waals surface area (Å²) < 4.78 is 29.8. The number of hydrogen-bond acceptors (Lipinski definition) is 6. The molecule has 1 N–H and O–H groups in total. The molecule has 4 aromatic rings. The Morgan fingerprint density at radius 1 is 0.981 bits per heavy atom. The van der Waals surface area contributed by atoms with Gasteiger partial charge in [-0.2, -0.15) is 0 Å². The number of fused-ring (bicyclic) bond motifs is 4. The van der Waals surface area contributed by atoms with E-state index in [9.17, 15) is 19.5 Å². The topological polar surface area (TPSA) is 99.6 Å². The number of anilines is 3. The smallest absolute Gasteiger partial charge is 0.269 e. The number of rotatable bonds is 7. The Kier molecular flexibility index (Phi) is 9.08. The molecule has 1 fully saturated rings. The minimum Gasteiger partial charge on any atom is -0.482 e. The summed E-state index contributed by atoms with van der Waals surface area (Å²) in [6.07, 6.45) is -0.412. The Hall–Kier alpha value is -4.36. The molecule has 0 unspecified atom stereocenters. The molecule has 9 nitrogen and oxygen atoms in total. The molecule has 0 aromatic heterocycles. The molecule has 3 amide bonds. The third-order valence-corrected chi connectivity index (χ3v) is 14.4. The highest BCUT2D eigenvalue weighted by atomic mass is 79.9. The average Bonchev–Trinajstić information content (AvgIpc) is 3.56. The van der Waals surface area contributed by atoms with Gasteiger partial charge in [0, 0.05) is 33.7 Å². The van der Waals surface area contributed by atoms with Gasteiger partial charge < -0.3 is 28.5 Å². The van der Waals surface area contributed by atoms with Crippen LogP contribution in [0.15, 0.2) is 95.5 Å². The predicted molar refractivity (Wildman–Crippen MR) is 205 cm³/mol. The van der Waals surface area contributed by atoms with Gasteiger partial charge in [-0.05, 0) is 78.7 Å². The zero-order valence-corrected chi connectivity index (χ0v) is 32.4. The lowest BCUT2D eigenvalue weighted by atomic mass is 9.82. The molecule has 4 aromatic carbocycles. The Morgan fingerprint density at radius 2 is 1.70 bits per heavy atom. The first-order valence-corrected chi connectivity index (χ1v) is 21.7. The third kappa shape index (κ3) is 6.00. The van der Waals surface area contributed by atoms with Crippen LogP contribution in [0.3, 0.4) is 0 Å². The van der Waals surface area contributed by atoms with Crippen molar-refractivity contribution >= 4 is 59.1 Å².